The Morgan fingerprint density at radius 2 is 1.56 bits per heavy atom. The second kappa shape index (κ2) is 9.26. The minimum Gasteiger partial charge on any atom is -0.273 e. The van der Waals surface area contributed by atoms with Crippen molar-refractivity contribution in [3.8, 4) is 0 Å². The number of carbonyl (C=O) groups excluding carboxylic acids is 1. The molecule has 1 amide bonds. The highest BCUT2D eigenvalue weighted by Gasteiger charge is 2.52. The van der Waals surface area contributed by atoms with Crippen LogP contribution in [0.1, 0.15) is 44.1 Å². The van der Waals surface area contributed by atoms with Gasteiger partial charge in [0.15, 0.2) is 0 Å². The van der Waals surface area contributed by atoms with Crippen LogP contribution >= 0.6 is 0 Å². The van der Waals surface area contributed by atoms with Gasteiger partial charge in [-0.15, -0.1) is 0 Å². The summed E-state index contributed by atoms with van der Waals surface area (Å²) < 4.78 is 0. The van der Waals surface area contributed by atoms with Crippen LogP contribution in [0.3, 0.4) is 0 Å². The van der Waals surface area contributed by atoms with Gasteiger partial charge in [-0.25, -0.2) is 5.43 Å². The number of allylic oxidation sites excluding steroid dienone is 4. The Bertz CT molecular complexity index is 728. The van der Waals surface area contributed by atoms with Gasteiger partial charge in [0.05, 0.1) is 11.1 Å². The molecule has 1 N–H and O–H groups in total. The number of nitrogens with zero attached hydrogens (tertiary/aromatic N) is 2. The number of nitro benzene ring substituents is 1. The lowest BCUT2D eigenvalue weighted by atomic mass is 10.1. The number of non-ortho nitro benzene ring substituents is 1. The molecule has 0 radical (unpaired) electrons. The van der Waals surface area contributed by atoms with Crippen LogP contribution in [0, 0.1) is 27.9 Å². The highest BCUT2D eigenvalue weighted by atomic mass is 16.6. The number of rotatable bonds is 4. The van der Waals surface area contributed by atoms with Crippen LogP contribution in [0.15, 0.2) is 53.7 Å². The lowest BCUT2D eigenvalue weighted by Gasteiger charge is -1.99. The van der Waals surface area contributed by atoms with E-state index in [-0.39, 0.29) is 17.5 Å². The summed E-state index contributed by atoms with van der Waals surface area (Å²) >= 11 is 0. The fourth-order valence-corrected chi connectivity index (χ4v) is 3.79. The van der Waals surface area contributed by atoms with Crippen molar-refractivity contribution >= 4 is 17.8 Å². The summed E-state index contributed by atoms with van der Waals surface area (Å²) in [5.41, 5.74) is 3.39. The van der Waals surface area contributed by atoms with Crippen molar-refractivity contribution in [2.75, 3.05) is 0 Å². The lowest BCUT2D eigenvalue weighted by molar-refractivity contribution is -0.384. The number of nitro groups is 1. The van der Waals surface area contributed by atoms with Gasteiger partial charge in [0.1, 0.15) is 0 Å². The summed E-state index contributed by atoms with van der Waals surface area (Å²) in [7, 11) is 0. The third-order valence-corrected chi connectivity index (χ3v) is 5.29. The molecule has 0 saturated heterocycles. The van der Waals surface area contributed by atoms with Crippen molar-refractivity contribution in [2.45, 2.75) is 38.5 Å². The largest absolute Gasteiger partial charge is 0.273 e. The van der Waals surface area contributed by atoms with Gasteiger partial charge in [0, 0.05) is 18.1 Å². The third-order valence-electron chi connectivity index (χ3n) is 5.29. The first-order chi connectivity index (χ1) is 13.2. The Kier molecular flexibility index (Phi) is 6.52. The molecule has 0 aliphatic heterocycles. The van der Waals surface area contributed by atoms with Crippen molar-refractivity contribution in [2.24, 2.45) is 22.9 Å². The minimum atomic E-state index is -0.443. The fourth-order valence-electron chi connectivity index (χ4n) is 3.79. The summed E-state index contributed by atoms with van der Waals surface area (Å²) in [4.78, 5) is 22.7. The predicted octanol–water partition coefficient (Wildman–Crippen LogP) is 4.37. The summed E-state index contributed by atoms with van der Waals surface area (Å²) in [6.45, 7) is 0. The summed E-state index contributed by atoms with van der Waals surface area (Å²) in [5.74, 6) is 0.904. The molecular formula is C21H25N3O3. The third kappa shape index (κ3) is 5.36. The van der Waals surface area contributed by atoms with E-state index in [4.69, 9.17) is 0 Å². The molecule has 0 spiro atoms. The first kappa shape index (κ1) is 19.0. The Morgan fingerprint density at radius 3 is 2.11 bits per heavy atom. The predicted molar refractivity (Wildman–Crippen MR) is 105 cm³/mol. The van der Waals surface area contributed by atoms with Crippen LogP contribution in [-0.2, 0) is 4.79 Å². The van der Waals surface area contributed by atoms with Crippen LogP contribution in [-0.4, -0.2) is 17.0 Å². The molecular weight excluding hydrogens is 342 g/mol. The quantitative estimate of drug-likeness (QED) is 0.371. The van der Waals surface area contributed by atoms with Gasteiger partial charge in [0.25, 0.3) is 5.69 Å². The Labute approximate surface area is 159 Å². The number of nitrogens with one attached hydrogen (secondary N) is 1. The first-order valence-electron chi connectivity index (χ1n) is 9.54. The number of benzene rings is 1. The zero-order valence-electron chi connectivity index (χ0n) is 15.3. The number of amides is 1. The van der Waals surface area contributed by atoms with Crippen LogP contribution < -0.4 is 5.43 Å². The molecule has 0 aromatic heterocycles. The Balaban J connectivity index is 1.53. The van der Waals surface area contributed by atoms with E-state index < -0.39 is 4.92 Å². The monoisotopic (exact) mass is 367 g/mol. The Morgan fingerprint density at radius 1 is 1.00 bits per heavy atom. The van der Waals surface area contributed by atoms with Gasteiger partial charge in [-0.3, -0.25) is 14.9 Å². The molecule has 1 aromatic carbocycles. The van der Waals surface area contributed by atoms with E-state index in [9.17, 15) is 14.9 Å². The number of fused-ring (bicyclic) bond motifs is 1. The van der Waals surface area contributed by atoms with E-state index in [0.717, 1.165) is 38.5 Å². The van der Waals surface area contributed by atoms with E-state index in [1.165, 1.54) is 18.3 Å². The smallest absolute Gasteiger partial charge is 0.269 e. The van der Waals surface area contributed by atoms with Crippen molar-refractivity contribution in [1.82, 2.24) is 5.43 Å². The van der Waals surface area contributed by atoms with Crippen LogP contribution in [0.25, 0.3) is 0 Å². The maximum absolute atomic E-state index is 12.5. The van der Waals surface area contributed by atoms with Crippen LogP contribution in [0.2, 0.25) is 0 Å². The number of carbonyl (C=O) groups is 1. The van der Waals surface area contributed by atoms with Gasteiger partial charge in [-0.1, -0.05) is 24.3 Å². The van der Waals surface area contributed by atoms with Gasteiger partial charge in [-0.05, 0) is 68.1 Å². The number of hydrogen-bond acceptors (Lipinski definition) is 4. The van der Waals surface area contributed by atoms with Gasteiger partial charge in [0.2, 0.25) is 5.91 Å². The first-order valence-corrected chi connectivity index (χ1v) is 9.54. The molecule has 1 saturated carbocycles. The molecule has 3 rings (SSSR count). The lowest BCUT2D eigenvalue weighted by Crippen LogP contribution is -2.21. The Hall–Kier alpha value is -2.76. The van der Waals surface area contributed by atoms with Crippen LogP contribution in [0.4, 0.5) is 5.69 Å². The molecule has 6 nitrogen and oxygen atoms in total. The van der Waals surface area contributed by atoms with Gasteiger partial charge >= 0.3 is 0 Å². The average molecular weight is 367 g/mol. The highest BCUT2D eigenvalue weighted by molar-refractivity contribution is 5.85. The van der Waals surface area contributed by atoms with E-state index in [1.54, 1.807) is 12.1 Å². The summed E-state index contributed by atoms with van der Waals surface area (Å²) in [6.07, 6.45) is 16.8. The van der Waals surface area contributed by atoms with Gasteiger partial charge < -0.3 is 0 Å². The summed E-state index contributed by atoms with van der Waals surface area (Å²) in [6, 6.07) is 6.06. The molecule has 2 aliphatic carbocycles. The summed E-state index contributed by atoms with van der Waals surface area (Å²) in [5, 5.41) is 14.7. The van der Waals surface area contributed by atoms with E-state index in [1.807, 2.05) is 0 Å². The maximum Gasteiger partial charge on any atom is 0.269 e. The van der Waals surface area contributed by atoms with Gasteiger partial charge in [-0.2, -0.15) is 5.10 Å². The van der Waals surface area contributed by atoms with Crippen molar-refractivity contribution in [1.29, 1.82) is 0 Å². The minimum absolute atomic E-state index is 0.0222. The highest BCUT2D eigenvalue weighted by Crippen LogP contribution is 2.52. The molecule has 142 valence electrons. The molecule has 1 aromatic rings. The molecule has 27 heavy (non-hydrogen) atoms. The number of hydrogen-bond donors (Lipinski definition) is 1. The zero-order chi connectivity index (χ0) is 19.1. The van der Waals surface area contributed by atoms with E-state index >= 15 is 0 Å². The standard InChI is InChI=1S/C21H25N3O3/c25-21(23-22-15-16-11-13-17(14-12-16)24(26)27)20-18-9-7-5-3-1-2-4-6-8-10-19(18)20/h3-6,11-15,18-20H,1-2,7-10H2,(H,23,25)/b5-3-,6-4+,22-15-/t18-,19-,20?/m1/s1. The molecule has 0 bridgehead atoms. The zero-order valence-corrected chi connectivity index (χ0v) is 15.3. The second-order valence-corrected chi connectivity index (χ2v) is 7.11. The topological polar surface area (TPSA) is 84.6 Å². The molecule has 2 aliphatic rings. The van der Waals surface area contributed by atoms with E-state index in [0.29, 0.717) is 17.4 Å². The van der Waals surface area contributed by atoms with E-state index in [2.05, 4.69) is 34.8 Å². The molecule has 6 heteroatoms. The van der Waals surface area contributed by atoms with Crippen LogP contribution in [0.5, 0.6) is 0 Å². The average Bonchev–Trinajstić information content (AvgIpc) is 3.34. The fraction of sp³-hybridized carbons (Fsp3) is 0.429. The van der Waals surface area contributed by atoms with Crippen molar-refractivity contribution < 1.29 is 9.72 Å². The normalized spacial score (nSPS) is 27.6. The SMILES string of the molecule is O=C(N/N=C\c1ccc([N+](=O)[O-])cc1)C1[C@@H]2CC/C=C\CC/C=C/CC[C@@H]12. The number of hydrazone groups is 1. The second-order valence-electron chi connectivity index (χ2n) is 7.11. The molecule has 1 fully saturated rings. The molecule has 1 unspecified atom stereocenters. The van der Waals surface area contributed by atoms with Crippen molar-refractivity contribution in [3.63, 3.8) is 0 Å². The molecule has 3 atom stereocenters. The molecule has 0 heterocycles. The maximum atomic E-state index is 12.5. The van der Waals surface area contributed by atoms with Crippen molar-refractivity contribution in [3.05, 3.63) is 64.2 Å².